The summed E-state index contributed by atoms with van der Waals surface area (Å²) in [6.07, 6.45) is 3.99. The second-order valence-corrected chi connectivity index (χ2v) is 5.17. The van der Waals surface area contributed by atoms with Gasteiger partial charge in [0.2, 0.25) is 0 Å². The van der Waals surface area contributed by atoms with Gasteiger partial charge in [0.1, 0.15) is 0 Å². The Morgan fingerprint density at radius 2 is 2.06 bits per heavy atom. The predicted octanol–water partition coefficient (Wildman–Crippen LogP) is 4.18. The molecule has 0 aromatic heterocycles. The van der Waals surface area contributed by atoms with E-state index in [0.717, 1.165) is 10.9 Å². The van der Waals surface area contributed by atoms with Gasteiger partial charge >= 0.3 is 0 Å². The van der Waals surface area contributed by atoms with E-state index in [4.69, 9.17) is 11.6 Å². The largest absolute Gasteiger partial charge is 0.307 e. The number of nitrogens with one attached hydrogen (secondary N) is 1. The SMILES string of the molecule is CCC(NC(C)c1ccccc1Cl)C1CC1. The Morgan fingerprint density at radius 1 is 1.38 bits per heavy atom. The highest BCUT2D eigenvalue weighted by atomic mass is 35.5. The van der Waals surface area contributed by atoms with Crippen molar-refractivity contribution in [3.05, 3.63) is 34.9 Å². The molecule has 1 aliphatic rings. The summed E-state index contributed by atoms with van der Waals surface area (Å²) >= 11 is 6.20. The van der Waals surface area contributed by atoms with Gasteiger partial charge in [-0.2, -0.15) is 0 Å². The Bertz CT molecular complexity index is 346. The van der Waals surface area contributed by atoms with Crippen LogP contribution in [0.4, 0.5) is 0 Å². The Labute approximate surface area is 103 Å². The third-order valence-corrected chi connectivity index (χ3v) is 3.81. The molecule has 1 aromatic rings. The first-order chi connectivity index (χ1) is 7.72. The molecule has 0 saturated heterocycles. The van der Waals surface area contributed by atoms with Gasteiger partial charge in [0.25, 0.3) is 0 Å². The molecule has 0 amide bonds. The van der Waals surface area contributed by atoms with E-state index in [-0.39, 0.29) is 0 Å². The third kappa shape index (κ3) is 2.78. The molecule has 1 nitrogen and oxygen atoms in total. The number of benzene rings is 1. The van der Waals surface area contributed by atoms with Crippen LogP contribution in [0.1, 0.15) is 44.7 Å². The van der Waals surface area contributed by atoms with Crippen LogP contribution in [0.3, 0.4) is 0 Å². The lowest BCUT2D eigenvalue weighted by atomic mass is 10.0. The zero-order valence-electron chi connectivity index (χ0n) is 10.0. The smallest absolute Gasteiger partial charge is 0.0453 e. The summed E-state index contributed by atoms with van der Waals surface area (Å²) in [5, 5.41) is 4.57. The molecule has 1 fully saturated rings. The lowest BCUT2D eigenvalue weighted by Crippen LogP contribution is -2.32. The minimum absolute atomic E-state index is 0.347. The van der Waals surface area contributed by atoms with Gasteiger partial charge in [0.05, 0.1) is 0 Å². The van der Waals surface area contributed by atoms with Gasteiger partial charge in [-0.3, -0.25) is 0 Å². The summed E-state index contributed by atoms with van der Waals surface area (Å²) in [6, 6.07) is 9.12. The summed E-state index contributed by atoms with van der Waals surface area (Å²) in [7, 11) is 0. The summed E-state index contributed by atoms with van der Waals surface area (Å²) in [6.45, 7) is 4.46. The van der Waals surface area contributed by atoms with E-state index in [1.807, 2.05) is 12.1 Å². The van der Waals surface area contributed by atoms with Crippen molar-refractivity contribution in [2.75, 3.05) is 0 Å². The summed E-state index contributed by atoms with van der Waals surface area (Å²) < 4.78 is 0. The van der Waals surface area contributed by atoms with Crippen LogP contribution >= 0.6 is 11.6 Å². The minimum Gasteiger partial charge on any atom is -0.307 e. The van der Waals surface area contributed by atoms with E-state index in [1.54, 1.807) is 0 Å². The number of halogens is 1. The Kier molecular flexibility index (Phi) is 3.88. The fraction of sp³-hybridized carbons (Fsp3) is 0.571. The van der Waals surface area contributed by atoms with Gasteiger partial charge in [0.15, 0.2) is 0 Å². The molecule has 1 aliphatic carbocycles. The highest BCUT2D eigenvalue weighted by Gasteiger charge is 2.30. The van der Waals surface area contributed by atoms with Crippen LogP contribution in [0.25, 0.3) is 0 Å². The first-order valence-electron chi connectivity index (χ1n) is 6.22. The van der Waals surface area contributed by atoms with Gasteiger partial charge < -0.3 is 5.32 Å². The first kappa shape index (κ1) is 11.9. The molecule has 1 aromatic carbocycles. The van der Waals surface area contributed by atoms with Gasteiger partial charge in [0, 0.05) is 17.1 Å². The van der Waals surface area contributed by atoms with Crippen LogP contribution in [0.2, 0.25) is 5.02 Å². The second kappa shape index (κ2) is 5.20. The molecule has 0 heterocycles. The normalized spacial score (nSPS) is 19.4. The molecule has 2 atom stereocenters. The molecule has 2 unspecified atom stereocenters. The van der Waals surface area contributed by atoms with Crippen molar-refractivity contribution in [1.82, 2.24) is 5.32 Å². The highest BCUT2D eigenvalue weighted by Crippen LogP contribution is 2.35. The standard InChI is InChI=1S/C14H20ClN/c1-3-14(11-8-9-11)16-10(2)12-6-4-5-7-13(12)15/h4-7,10-11,14,16H,3,8-9H2,1-2H3. The van der Waals surface area contributed by atoms with Crippen LogP contribution < -0.4 is 5.32 Å². The molecular weight excluding hydrogens is 218 g/mol. The Balaban J connectivity index is 2.01. The van der Waals surface area contributed by atoms with E-state index in [0.29, 0.717) is 12.1 Å². The summed E-state index contributed by atoms with van der Waals surface area (Å²) in [4.78, 5) is 0. The van der Waals surface area contributed by atoms with Crippen LogP contribution in [0.5, 0.6) is 0 Å². The molecule has 0 aliphatic heterocycles. The number of hydrogen-bond donors (Lipinski definition) is 1. The van der Waals surface area contributed by atoms with Crippen LogP contribution in [-0.2, 0) is 0 Å². The molecule has 1 N–H and O–H groups in total. The van der Waals surface area contributed by atoms with Crippen LogP contribution in [0.15, 0.2) is 24.3 Å². The van der Waals surface area contributed by atoms with Crippen molar-refractivity contribution in [2.24, 2.45) is 5.92 Å². The average Bonchev–Trinajstić information content (AvgIpc) is 3.10. The summed E-state index contributed by atoms with van der Waals surface area (Å²) in [5.74, 6) is 0.898. The molecule has 2 rings (SSSR count). The molecule has 0 radical (unpaired) electrons. The van der Waals surface area contributed by atoms with Gasteiger partial charge in [-0.1, -0.05) is 36.7 Å². The van der Waals surface area contributed by atoms with Crippen molar-refractivity contribution in [3.63, 3.8) is 0 Å². The minimum atomic E-state index is 0.347. The van der Waals surface area contributed by atoms with E-state index >= 15 is 0 Å². The molecule has 0 spiro atoms. The van der Waals surface area contributed by atoms with E-state index in [2.05, 4.69) is 31.3 Å². The van der Waals surface area contributed by atoms with Crippen LogP contribution in [-0.4, -0.2) is 6.04 Å². The van der Waals surface area contributed by atoms with Gasteiger partial charge in [-0.05, 0) is 43.7 Å². The van der Waals surface area contributed by atoms with E-state index in [1.165, 1.54) is 24.8 Å². The molecule has 1 saturated carbocycles. The second-order valence-electron chi connectivity index (χ2n) is 4.76. The van der Waals surface area contributed by atoms with E-state index in [9.17, 15) is 0 Å². The van der Waals surface area contributed by atoms with Crippen molar-refractivity contribution >= 4 is 11.6 Å². The van der Waals surface area contributed by atoms with E-state index < -0.39 is 0 Å². The zero-order valence-corrected chi connectivity index (χ0v) is 10.8. The monoisotopic (exact) mass is 237 g/mol. The third-order valence-electron chi connectivity index (χ3n) is 3.47. The lowest BCUT2D eigenvalue weighted by Gasteiger charge is -2.23. The van der Waals surface area contributed by atoms with Crippen molar-refractivity contribution in [1.29, 1.82) is 0 Å². The number of hydrogen-bond acceptors (Lipinski definition) is 1. The Morgan fingerprint density at radius 3 is 2.62 bits per heavy atom. The van der Waals surface area contributed by atoms with Crippen molar-refractivity contribution in [3.8, 4) is 0 Å². The fourth-order valence-corrected chi connectivity index (χ4v) is 2.62. The molecule has 0 bridgehead atoms. The van der Waals surface area contributed by atoms with Crippen molar-refractivity contribution < 1.29 is 0 Å². The quantitative estimate of drug-likeness (QED) is 0.810. The number of rotatable bonds is 5. The maximum atomic E-state index is 6.20. The lowest BCUT2D eigenvalue weighted by molar-refractivity contribution is 0.405. The average molecular weight is 238 g/mol. The van der Waals surface area contributed by atoms with Gasteiger partial charge in [-0.25, -0.2) is 0 Å². The maximum Gasteiger partial charge on any atom is 0.0453 e. The highest BCUT2D eigenvalue weighted by molar-refractivity contribution is 6.31. The first-order valence-corrected chi connectivity index (χ1v) is 6.60. The Hall–Kier alpha value is -0.530. The van der Waals surface area contributed by atoms with Gasteiger partial charge in [-0.15, -0.1) is 0 Å². The zero-order chi connectivity index (χ0) is 11.5. The topological polar surface area (TPSA) is 12.0 Å². The molecule has 2 heteroatoms. The predicted molar refractivity (Wildman–Crippen MR) is 69.8 cm³/mol. The summed E-state index contributed by atoms with van der Waals surface area (Å²) in [5.41, 5.74) is 1.21. The molecule has 88 valence electrons. The van der Waals surface area contributed by atoms with Crippen molar-refractivity contribution in [2.45, 2.75) is 45.2 Å². The molecular formula is C14H20ClN. The molecule has 16 heavy (non-hydrogen) atoms. The van der Waals surface area contributed by atoms with Crippen LogP contribution in [0, 0.1) is 5.92 Å². The maximum absolute atomic E-state index is 6.20. The fourth-order valence-electron chi connectivity index (χ4n) is 2.32.